The number of imide groups is 2. The first kappa shape index (κ1) is 25.5. The second-order valence-electron chi connectivity index (χ2n) is 10.4. The summed E-state index contributed by atoms with van der Waals surface area (Å²) in [5.74, 6) is -2.02. The largest absolute Gasteiger partial charge is 0.490 e. The summed E-state index contributed by atoms with van der Waals surface area (Å²) >= 11 is 0. The summed E-state index contributed by atoms with van der Waals surface area (Å²) in [6.45, 7) is 10.9. The molecule has 2 fully saturated rings. The molecule has 2 saturated heterocycles. The highest BCUT2D eigenvalue weighted by atomic mass is 16.6. The van der Waals surface area contributed by atoms with E-state index in [2.05, 4.69) is 5.32 Å². The van der Waals surface area contributed by atoms with Crippen LogP contribution >= 0.6 is 0 Å². The number of nitrogens with zero attached hydrogens (tertiary/aromatic N) is 3. The van der Waals surface area contributed by atoms with E-state index in [1.807, 2.05) is 39.5 Å². The maximum Gasteiger partial charge on any atom is 0.410 e. The summed E-state index contributed by atoms with van der Waals surface area (Å²) in [7, 11) is 0. The predicted octanol–water partition coefficient (Wildman–Crippen LogP) is 1.93. The molecule has 1 aromatic carbocycles. The minimum atomic E-state index is -1.05. The predicted molar refractivity (Wildman–Crippen MR) is 129 cm³/mol. The third kappa shape index (κ3) is 5.00. The zero-order valence-corrected chi connectivity index (χ0v) is 21.3. The highest BCUT2D eigenvalue weighted by Gasteiger charge is 2.46. The molecule has 3 heterocycles. The molecule has 0 bridgehead atoms. The summed E-state index contributed by atoms with van der Waals surface area (Å²) < 4.78 is 11.4. The number of benzene rings is 1. The van der Waals surface area contributed by atoms with Crippen LogP contribution in [0.15, 0.2) is 12.1 Å². The lowest BCUT2D eigenvalue weighted by Crippen LogP contribution is -2.54. The fourth-order valence-corrected chi connectivity index (χ4v) is 4.55. The zero-order chi connectivity index (χ0) is 26.4. The van der Waals surface area contributed by atoms with Gasteiger partial charge in [-0.2, -0.15) is 0 Å². The normalized spacial score (nSPS) is 20.6. The van der Waals surface area contributed by atoms with Crippen LogP contribution in [0.25, 0.3) is 0 Å². The molecule has 194 valence electrons. The van der Waals surface area contributed by atoms with Gasteiger partial charge in [-0.05, 0) is 47.1 Å². The van der Waals surface area contributed by atoms with Crippen molar-refractivity contribution in [3.8, 4) is 5.75 Å². The Morgan fingerprint density at radius 2 is 1.69 bits per heavy atom. The number of anilines is 1. The van der Waals surface area contributed by atoms with Crippen LogP contribution in [0.3, 0.4) is 0 Å². The Kier molecular flexibility index (Phi) is 6.68. The van der Waals surface area contributed by atoms with Crippen LogP contribution in [-0.2, 0) is 14.3 Å². The Morgan fingerprint density at radius 3 is 2.28 bits per heavy atom. The molecule has 36 heavy (non-hydrogen) atoms. The van der Waals surface area contributed by atoms with Crippen LogP contribution < -0.4 is 15.0 Å². The van der Waals surface area contributed by atoms with E-state index in [1.54, 1.807) is 17.0 Å². The van der Waals surface area contributed by atoms with Crippen molar-refractivity contribution in [1.82, 2.24) is 15.1 Å². The number of hydrogen-bond acceptors (Lipinski definition) is 8. The van der Waals surface area contributed by atoms with Crippen molar-refractivity contribution in [2.75, 3.05) is 31.1 Å². The summed E-state index contributed by atoms with van der Waals surface area (Å²) in [6, 6.07) is 2.31. The Balaban J connectivity index is 1.59. The Bertz CT molecular complexity index is 1120. The third-order valence-electron chi connectivity index (χ3n) is 6.15. The van der Waals surface area contributed by atoms with Gasteiger partial charge >= 0.3 is 6.09 Å². The quantitative estimate of drug-likeness (QED) is 0.622. The van der Waals surface area contributed by atoms with Gasteiger partial charge in [-0.3, -0.25) is 29.4 Å². The molecule has 0 aliphatic carbocycles. The number of rotatable bonds is 4. The van der Waals surface area contributed by atoms with Crippen molar-refractivity contribution in [2.24, 2.45) is 0 Å². The van der Waals surface area contributed by atoms with Crippen molar-refractivity contribution in [3.05, 3.63) is 23.3 Å². The highest BCUT2D eigenvalue weighted by Crippen LogP contribution is 2.38. The Hall–Kier alpha value is -3.63. The molecule has 0 saturated carbocycles. The number of piperidine rings is 1. The molecule has 1 unspecified atom stereocenters. The highest BCUT2D eigenvalue weighted by molar-refractivity contribution is 6.25. The molecule has 11 heteroatoms. The molecule has 1 aromatic rings. The van der Waals surface area contributed by atoms with Gasteiger partial charge in [-0.25, -0.2) is 4.79 Å². The van der Waals surface area contributed by atoms with Gasteiger partial charge in [0.15, 0.2) is 0 Å². The molecule has 1 atom stereocenters. The molecule has 3 aliphatic heterocycles. The van der Waals surface area contributed by atoms with E-state index in [-0.39, 0.29) is 41.9 Å². The summed E-state index contributed by atoms with van der Waals surface area (Å²) in [5, 5.41) is 2.21. The van der Waals surface area contributed by atoms with Crippen molar-refractivity contribution < 1.29 is 33.4 Å². The summed E-state index contributed by atoms with van der Waals surface area (Å²) in [5.41, 5.74) is 0.375. The van der Waals surface area contributed by atoms with Gasteiger partial charge in [0.1, 0.15) is 17.4 Å². The molecule has 3 aliphatic rings. The molecule has 0 spiro atoms. The molecular weight excluding hydrogens is 468 g/mol. The van der Waals surface area contributed by atoms with Gasteiger partial charge in [-0.1, -0.05) is 0 Å². The Labute approximate surface area is 209 Å². The maximum atomic E-state index is 13.4. The van der Waals surface area contributed by atoms with Crippen LogP contribution in [0.2, 0.25) is 0 Å². The van der Waals surface area contributed by atoms with Crippen LogP contribution in [0, 0.1) is 0 Å². The number of amides is 5. The van der Waals surface area contributed by atoms with Gasteiger partial charge in [-0.15, -0.1) is 0 Å². The second-order valence-corrected chi connectivity index (χ2v) is 10.4. The van der Waals surface area contributed by atoms with Crippen molar-refractivity contribution in [1.29, 1.82) is 0 Å². The number of nitrogens with one attached hydrogen (secondary N) is 1. The van der Waals surface area contributed by atoms with E-state index >= 15 is 0 Å². The smallest absolute Gasteiger partial charge is 0.410 e. The number of piperazine rings is 1. The Morgan fingerprint density at radius 1 is 1.03 bits per heavy atom. The van der Waals surface area contributed by atoms with Crippen LogP contribution in [0.1, 0.15) is 68.2 Å². The van der Waals surface area contributed by atoms with E-state index in [9.17, 15) is 24.0 Å². The maximum absolute atomic E-state index is 13.4. The van der Waals surface area contributed by atoms with Gasteiger partial charge in [0.05, 0.1) is 17.2 Å². The molecule has 11 nitrogen and oxygen atoms in total. The van der Waals surface area contributed by atoms with Crippen LogP contribution in [0.5, 0.6) is 5.75 Å². The standard InChI is InChI=1S/C25H32N4O7/c1-14(2)35-18-13-15(27-8-10-28(11-9-27)24(34)36-25(3,4)5)12-16-20(18)23(33)29(22(16)32)17-6-7-19(30)26-21(17)31/h12-14,17H,6-11H2,1-5H3,(H,26,30,31). The average molecular weight is 501 g/mol. The molecule has 0 radical (unpaired) electrons. The van der Waals surface area contributed by atoms with E-state index < -0.39 is 35.3 Å². The van der Waals surface area contributed by atoms with E-state index in [0.717, 1.165) is 4.90 Å². The number of carbonyl (C=O) groups excluding carboxylic acids is 5. The van der Waals surface area contributed by atoms with Gasteiger partial charge < -0.3 is 19.3 Å². The van der Waals surface area contributed by atoms with Gasteiger partial charge in [0, 0.05) is 44.4 Å². The van der Waals surface area contributed by atoms with E-state index in [4.69, 9.17) is 9.47 Å². The van der Waals surface area contributed by atoms with Crippen LogP contribution in [-0.4, -0.2) is 83.4 Å². The lowest BCUT2D eigenvalue weighted by molar-refractivity contribution is -0.136. The first-order chi connectivity index (χ1) is 16.9. The summed E-state index contributed by atoms with van der Waals surface area (Å²) in [4.78, 5) is 67.7. The van der Waals surface area contributed by atoms with Gasteiger partial charge in [0.25, 0.3) is 11.8 Å². The number of ether oxygens (including phenoxy) is 2. The minimum Gasteiger partial charge on any atom is -0.490 e. The second kappa shape index (κ2) is 9.44. The molecule has 1 N–H and O–H groups in total. The number of hydrogen-bond donors (Lipinski definition) is 1. The van der Waals surface area contributed by atoms with E-state index in [0.29, 0.717) is 31.9 Å². The fraction of sp³-hybridized carbons (Fsp3) is 0.560. The molecule has 5 amide bonds. The molecule has 4 rings (SSSR count). The molecule has 0 aromatic heterocycles. The topological polar surface area (TPSA) is 126 Å². The number of carbonyl (C=O) groups is 5. The molecular formula is C25H32N4O7. The lowest BCUT2D eigenvalue weighted by atomic mass is 10.0. The zero-order valence-electron chi connectivity index (χ0n) is 21.3. The van der Waals surface area contributed by atoms with Gasteiger partial charge in [0.2, 0.25) is 11.8 Å². The van der Waals surface area contributed by atoms with Crippen molar-refractivity contribution >= 4 is 35.4 Å². The fourth-order valence-electron chi connectivity index (χ4n) is 4.55. The SMILES string of the molecule is CC(C)Oc1cc(N2CCN(C(=O)OC(C)(C)C)CC2)cc2c1C(=O)N(C1CCC(=O)NC1=O)C2=O. The van der Waals surface area contributed by atoms with Crippen molar-refractivity contribution in [2.45, 2.75) is 65.2 Å². The van der Waals surface area contributed by atoms with Crippen molar-refractivity contribution in [3.63, 3.8) is 0 Å². The summed E-state index contributed by atoms with van der Waals surface area (Å²) in [6.07, 6.45) is -0.510. The minimum absolute atomic E-state index is 0.0480. The first-order valence-corrected chi connectivity index (χ1v) is 12.1. The van der Waals surface area contributed by atoms with Crippen LogP contribution in [0.4, 0.5) is 10.5 Å². The average Bonchev–Trinajstić information content (AvgIpc) is 3.03. The number of fused-ring (bicyclic) bond motifs is 1. The first-order valence-electron chi connectivity index (χ1n) is 12.1. The third-order valence-corrected chi connectivity index (χ3v) is 6.15. The van der Waals surface area contributed by atoms with E-state index in [1.165, 1.54) is 0 Å². The lowest BCUT2D eigenvalue weighted by Gasteiger charge is -2.37. The monoisotopic (exact) mass is 500 g/mol.